The van der Waals surface area contributed by atoms with E-state index in [9.17, 15) is 9.90 Å². The lowest BCUT2D eigenvalue weighted by atomic mass is 10.0. The predicted octanol–water partition coefficient (Wildman–Crippen LogP) is 3.18. The largest absolute Gasteiger partial charge is 0.507 e. The maximum absolute atomic E-state index is 12.0. The Morgan fingerprint density at radius 1 is 1.38 bits per heavy atom. The number of phenolic OH excluding ortho intramolecular Hbond substituents is 1. The van der Waals surface area contributed by atoms with Crippen LogP contribution in [0.25, 0.3) is 0 Å². The highest BCUT2D eigenvalue weighted by Crippen LogP contribution is 2.21. The fourth-order valence-electron chi connectivity index (χ4n) is 1.35. The maximum atomic E-state index is 12.0. The molecule has 0 saturated carbocycles. The van der Waals surface area contributed by atoms with E-state index in [4.69, 9.17) is 0 Å². The second-order valence-electron chi connectivity index (χ2n) is 3.41. The Morgan fingerprint density at radius 3 is 2.56 bits per heavy atom. The first-order chi connectivity index (χ1) is 7.60. The molecule has 0 aliphatic rings. The molecule has 1 rings (SSSR count). The fourth-order valence-corrected chi connectivity index (χ4v) is 1.35. The molecule has 0 unspecified atom stereocenters. The number of allylic oxidation sites excluding steroid dienone is 4. The zero-order chi connectivity index (χ0) is 12.1. The van der Waals surface area contributed by atoms with Gasteiger partial charge in [-0.05, 0) is 24.6 Å². The van der Waals surface area contributed by atoms with Crippen LogP contribution in [0.3, 0.4) is 0 Å². The van der Waals surface area contributed by atoms with Crippen LogP contribution in [-0.2, 0) is 0 Å². The van der Waals surface area contributed by atoms with E-state index in [-0.39, 0.29) is 17.1 Å². The Hall–Kier alpha value is -2.09. The van der Waals surface area contributed by atoms with Crippen molar-refractivity contribution in [3.05, 3.63) is 66.3 Å². The summed E-state index contributed by atoms with van der Waals surface area (Å²) in [5, 5.41) is 9.67. The Kier molecular flexibility index (Phi) is 3.84. The van der Waals surface area contributed by atoms with Gasteiger partial charge in [-0.2, -0.15) is 0 Å². The summed E-state index contributed by atoms with van der Waals surface area (Å²) in [6, 6.07) is 4.94. The quantitative estimate of drug-likeness (QED) is 0.475. The molecule has 16 heavy (non-hydrogen) atoms. The molecule has 1 aromatic carbocycles. The van der Waals surface area contributed by atoms with Crippen molar-refractivity contribution in [1.82, 2.24) is 0 Å². The van der Waals surface area contributed by atoms with Gasteiger partial charge in [0.25, 0.3) is 0 Å². The summed E-state index contributed by atoms with van der Waals surface area (Å²) in [4.78, 5) is 12.0. The number of hydrogen-bond donors (Lipinski definition) is 1. The fraction of sp³-hybridized carbons (Fsp3) is 0.0714. The zero-order valence-corrected chi connectivity index (χ0v) is 9.23. The Bertz CT molecular complexity index is 468. The average Bonchev–Trinajstić information content (AvgIpc) is 2.25. The molecule has 0 bridgehead atoms. The van der Waals surface area contributed by atoms with E-state index in [1.54, 1.807) is 24.3 Å². The average molecular weight is 214 g/mol. The van der Waals surface area contributed by atoms with Crippen molar-refractivity contribution < 1.29 is 9.90 Å². The standard InChI is InChI=1S/C14H14O2/c1-4-6-11(5-2)14(16)12-8-7-10(3)9-13(12)15/h4-9,15H,1-2H2,3H3/b11-6+. The number of aryl methyl sites for hydroxylation is 1. The summed E-state index contributed by atoms with van der Waals surface area (Å²) in [5.41, 5.74) is 1.59. The van der Waals surface area contributed by atoms with Gasteiger partial charge in [-0.1, -0.05) is 37.5 Å². The summed E-state index contributed by atoms with van der Waals surface area (Å²) in [6.45, 7) is 8.93. The minimum Gasteiger partial charge on any atom is -0.507 e. The molecule has 0 aliphatic carbocycles. The molecular weight excluding hydrogens is 200 g/mol. The maximum Gasteiger partial charge on any atom is 0.196 e. The molecule has 1 N–H and O–H groups in total. The van der Waals surface area contributed by atoms with Crippen LogP contribution in [0, 0.1) is 6.92 Å². The van der Waals surface area contributed by atoms with Gasteiger partial charge in [0.2, 0.25) is 0 Å². The van der Waals surface area contributed by atoms with Crippen molar-refractivity contribution in [2.45, 2.75) is 6.92 Å². The van der Waals surface area contributed by atoms with E-state index < -0.39 is 0 Å². The minimum absolute atomic E-state index is 0.0122. The number of carbonyl (C=O) groups is 1. The van der Waals surface area contributed by atoms with E-state index in [2.05, 4.69) is 13.2 Å². The molecule has 0 amide bonds. The van der Waals surface area contributed by atoms with Crippen LogP contribution >= 0.6 is 0 Å². The zero-order valence-electron chi connectivity index (χ0n) is 9.23. The Morgan fingerprint density at radius 2 is 2.06 bits per heavy atom. The molecule has 0 saturated heterocycles. The van der Waals surface area contributed by atoms with E-state index in [0.29, 0.717) is 5.57 Å². The lowest BCUT2D eigenvalue weighted by Gasteiger charge is -2.04. The monoisotopic (exact) mass is 214 g/mol. The first kappa shape index (κ1) is 12.0. The molecule has 0 aliphatic heterocycles. The number of benzene rings is 1. The van der Waals surface area contributed by atoms with Gasteiger partial charge in [0.05, 0.1) is 5.56 Å². The summed E-state index contributed by atoms with van der Waals surface area (Å²) >= 11 is 0. The molecule has 0 radical (unpaired) electrons. The smallest absolute Gasteiger partial charge is 0.196 e. The van der Waals surface area contributed by atoms with Gasteiger partial charge in [-0.15, -0.1) is 0 Å². The summed E-state index contributed by atoms with van der Waals surface area (Å²) in [5.74, 6) is -0.269. The van der Waals surface area contributed by atoms with E-state index >= 15 is 0 Å². The van der Waals surface area contributed by atoms with Crippen LogP contribution in [0.4, 0.5) is 0 Å². The van der Waals surface area contributed by atoms with E-state index in [1.165, 1.54) is 12.2 Å². The highest BCUT2D eigenvalue weighted by molar-refractivity contribution is 6.12. The first-order valence-electron chi connectivity index (χ1n) is 4.89. The molecule has 0 spiro atoms. The van der Waals surface area contributed by atoms with Crippen molar-refractivity contribution in [3.8, 4) is 5.75 Å². The number of aromatic hydroxyl groups is 1. The third-order valence-corrected chi connectivity index (χ3v) is 2.18. The molecular formula is C14H14O2. The van der Waals surface area contributed by atoms with Crippen LogP contribution in [0.1, 0.15) is 15.9 Å². The van der Waals surface area contributed by atoms with Crippen molar-refractivity contribution in [2.24, 2.45) is 0 Å². The van der Waals surface area contributed by atoms with Crippen molar-refractivity contribution in [3.63, 3.8) is 0 Å². The lowest BCUT2D eigenvalue weighted by molar-refractivity contribution is 0.103. The number of ketones is 1. The topological polar surface area (TPSA) is 37.3 Å². The second-order valence-corrected chi connectivity index (χ2v) is 3.41. The van der Waals surface area contributed by atoms with Gasteiger partial charge in [0, 0.05) is 5.57 Å². The number of hydrogen-bond acceptors (Lipinski definition) is 2. The second kappa shape index (κ2) is 5.12. The van der Waals surface area contributed by atoms with Gasteiger partial charge < -0.3 is 5.11 Å². The highest BCUT2D eigenvalue weighted by atomic mass is 16.3. The molecule has 82 valence electrons. The molecule has 1 aromatic rings. The Balaban J connectivity index is 3.18. The Labute approximate surface area is 95.2 Å². The molecule has 0 atom stereocenters. The van der Waals surface area contributed by atoms with Crippen LogP contribution in [-0.4, -0.2) is 10.9 Å². The van der Waals surface area contributed by atoms with Gasteiger partial charge in [-0.3, -0.25) is 4.79 Å². The van der Waals surface area contributed by atoms with Crippen LogP contribution < -0.4 is 0 Å². The molecule has 2 heteroatoms. The highest BCUT2D eigenvalue weighted by Gasteiger charge is 2.13. The van der Waals surface area contributed by atoms with Crippen molar-refractivity contribution in [2.75, 3.05) is 0 Å². The van der Waals surface area contributed by atoms with E-state index in [1.807, 2.05) is 6.92 Å². The molecule has 0 aromatic heterocycles. The molecule has 0 heterocycles. The van der Waals surface area contributed by atoms with Gasteiger partial charge in [-0.25, -0.2) is 0 Å². The lowest BCUT2D eigenvalue weighted by Crippen LogP contribution is -2.01. The molecule has 0 fully saturated rings. The third kappa shape index (κ3) is 2.48. The first-order valence-corrected chi connectivity index (χ1v) is 4.89. The van der Waals surface area contributed by atoms with Gasteiger partial charge in [0.15, 0.2) is 5.78 Å². The summed E-state index contributed by atoms with van der Waals surface area (Å²) in [6.07, 6.45) is 4.53. The number of phenols is 1. The van der Waals surface area contributed by atoms with Gasteiger partial charge >= 0.3 is 0 Å². The van der Waals surface area contributed by atoms with Crippen molar-refractivity contribution in [1.29, 1.82) is 0 Å². The minimum atomic E-state index is -0.257. The predicted molar refractivity (Wildman–Crippen MR) is 65.7 cm³/mol. The van der Waals surface area contributed by atoms with E-state index in [0.717, 1.165) is 5.56 Å². The SMILES string of the molecule is C=C/C=C(\C=C)C(=O)c1ccc(C)cc1O. The summed E-state index contributed by atoms with van der Waals surface area (Å²) < 4.78 is 0. The number of rotatable bonds is 4. The molecule has 2 nitrogen and oxygen atoms in total. The number of carbonyl (C=O) groups excluding carboxylic acids is 1. The third-order valence-electron chi connectivity index (χ3n) is 2.18. The van der Waals surface area contributed by atoms with Crippen LogP contribution in [0.15, 0.2) is 55.2 Å². The number of Topliss-reactive ketones (excluding diaryl/α,β-unsaturated/α-hetero) is 1. The van der Waals surface area contributed by atoms with Crippen LogP contribution in [0.5, 0.6) is 5.75 Å². The van der Waals surface area contributed by atoms with Crippen molar-refractivity contribution >= 4 is 5.78 Å². The van der Waals surface area contributed by atoms with Crippen LogP contribution in [0.2, 0.25) is 0 Å². The van der Waals surface area contributed by atoms with Gasteiger partial charge in [0.1, 0.15) is 5.75 Å². The summed E-state index contributed by atoms with van der Waals surface area (Å²) in [7, 11) is 0. The normalized spacial score (nSPS) is 10.9.